The van der Waals surface area contributed by atoms with Gasteiger partial charge in [-0.05, 0) is 48.4 Å². The van der Waals surface area contributed by atoms with Crippen molar-refractivity contribution in [3.63, 3.8) is 0 Å². The maximum absolute atomic E-state index is 13.2. The fourth-order valence-electron chi connectivity index (χ4n) is 4.91. The summed E-state index contributed by atoms with van der Waals surface area (Å²) in [7, 11) is 1.78. The topological polar surface area (TPSA) is 80.1 Å². The number of aryl methyl sites for hydroxylation is 1. The van der Waals surface area contributed by atoms with E-state index >= 15 is 0 Å². The van der Waals surface area contributed by atoms with E-state index in [0.717, 1.165) is 41.2 Å². The van der Waals surface area contributed by atoms with Crippen LogP contribution in [0.4, 0.5) is 5.69 Å². The Labute approximate surface area is 223 Å². The third-order valence-corrected chi connectivity index (χ3v) is 7.07. The minimum atomic E-state index is -0.0606. The molecule has 2 aliphatic heterocycles. The number of hydrogen-bond donors (Lipinski definition) is 0. The number of fused-ring (bicyclic) bond motifs is 3. The van der Waals surface area contributed by atoms with Crippen molar-refractivity contribution in [2.24, 2.45) is 0 Å². The largest absolute Gasteiger partial charge is 0.491 e. The van der Waals surface area contributed by atoms with Crippen molar-refractivity contribution in [2.75, 3.05) is 64.5 Å². The zero-order valence-corrected chi connectivity index (χ0v) is 22.1. The smallest absolute Gasteiger partial charge is 0.253 e. The number of amides is 2. The lowest BCUT2D eigenvalue weighted by Gasteiger charge is -2.30. The molecule has 1 fully saturated rings. The minimum Gasteiger partial charge on any atom is -0.491 e. The summed E-state index contributed by atoms with van der Waals surface area (Å²) in [6, 6.07) is 14.1. The van der Waals surface area contributed by atoms with Crippen molar-refractivity contribution in [2.45, 2.75) is 19.9 Å². The van der Waals surface area contributed by atoms with E-state index in [2.05, 4.69) is 22.1 Å². The molecule has 3 heterocycles. The van der Waals surface area contributed by atoms with Crippen LogP contribution in [0.1, 0.15) is 27.0 Å². The first kappa shape index (κ1) is 25.8. The number of carbonyl (C=O) groups excluding carboxylic acids is 2. The number of hydrogen-bond acceptors (Lipinski definition) is 6. The van der Waals surface area contributed by atoms with Crippen molar-refractivity contribution in [1.82, 2.24) is 19.6 Å². The Bertz CT molecular complexity index is 1280. The molecule has 2 aromatic carbocycles. The standard InChI is InChI=1S/C29H35N5O4/c1-22-19-30-34(20-22)21-28(35)33-9-8-31(2)29(36)24-5-3-4-23(16-24)17-25-18-26(32-10-13-37-14-11-32)6-7-27(25)38-15-12-33/h3-7,16,18-20H,8-15,17,21H2,1-2H3. The molecule has 38 heavy (non-hydrogen) atoms. The Morgan fingerprint density at radius 1 is 1.00 bits per heavy atom. The molecule has 0 atom stereocenters. The summed E-state index contributed by atoms with van der Waals surface area (Å²) in [6.07, 6.45) is 4.23. The molecule has 3 aromatic rings. The minimum absolute atomic E-state index is 0.0578. The molecule has 2 aliphatic rings. The lowest BCUT2D eigenvalue weighted by atomic mass is 10.0. The van der Waals surface area contributed by atoms with Crippen LogP contribution < -0.4 is 9.64 Å². The highest BCUT2D eigenvalue weighted by Crippen LogP contribution is 2.28. The molecule has 1 saturated heterocycles. The van der Waals surface area contributed by atoms with Crippen LogP contribution in [0.3, 0.4) is 0 Å². The average Bonchev–Trinajstić information content (AvgIpc) is 3.34. The Balaban J connectivity index is 1.42. The van der Waals surface area contributed by atoms with E-state index in [1.165, 1.54) is 0 Å². The molecular formula is C29H35N5O4. The average molecular weight is 518 g/mol. The fraction of sp³-hybridized carbons (Fsp3) is 0.414. The highest BCUT2D eigenvalue weighted by molar-refractivity contribution is 5.94. The fourth-order valence-corrected chi connectivity index (χ4v) is 4.91. The first-order chi connectivity index (χ1) is 18.5. The van der Waals surface area contributed by atoms with Crippen LogP contribution in [0.15, 0.2) is 54.9 Å². The normalized spacial score (nSPS) is 17.0. The monoisotopic (exact) mass is 517 g/mol. The van der Waals surface area contributed by atoms with Crippen molar-refractivity contribution in [3.8, 4) is 5.75 Å². The molecule has 2 bridgehead atoms. The van der Waals surface area contributed by atoms with Crippen molar-refractivity contribution < 1.29 is 19.1 Å². The van der Waals surface area contributed by atoms with Gasteiger partial charge in [0.2, 0.25) is 5.91 Å². The van der Waals surface area contributed by atoms with Crippen LogP contribution in [0.2, 0.25) is 0 Å². The number of carbonyl (C=O) groups is 2. The van der Waals surface area contributed by atoms with Crippen molar-refractivity contribution in [1.29, 1.82) is 0 Å². The summed E-state index contributed by atoms with van der Waals surface area (Å²) in [5.41, 5.74) is 4.88. The van der Waals surface area contributed by atoms with Gasteiger partial charge in [0.1, 0.15) is 18.9 Å². The molecule has 0 unspecified atom stereocenters. The van der Waals surface area contributed by atoms with Crippen LogP contribution >= 0.6 is 0 Å². The van der Waals surface area contributed by atoms with Crippen LogP contribution in [0, 0.1) is 6.92 Å². The van der Waals surface area contributed by atoms with E-state index in [-0.39, 0.29) is 18.4 Å². The SMILES string of the molecule is Cc1cnn(CC(=O)N2CCOc3ccc(N4CCOCC4)cc3Cc3cccc(c3)C(=O)N(C)CC2)c1. The van der Waals surface area contributed by atoms with Gasteiger partial charge < -0.3 is 24.2 Å². The third kappa shape index (κ3) is 6.16. The summed E-state index contributed by atoms with van der Waals surface area (Å²) in [4.78, 5) is 32.2. The van der Waals surface area contributed by atoms with Gasteiger partial charge in [0.05, 0.1) is 26.0 Å². The summed E-state index contributed by atoms with van der Waals surface area (Å²) >= 11 is 0. The first-order valence-electron chi connectivity index (χ1n) is 13.2. The maximum atomic E-state index is 13.2. The predicted octanol–water partition coefficient (Wildman–Crippen LogP) is 2.61. The Morgan fingerprint density at radius 3 is 2.63 bits per heavy atom. The Hall–Kier alpha value is -3.85. The van der Waals surface area contributed by atoms with E-state index in [4.69, 9.17) is 9.47 Å². The second kappa shape index (κ2) is 11.7. The first-order valence-corrected chi connectivity index (χ1v) is 13.2. The van der Waals surface area contributed by atoms with Gasteiger partial charge in [-0.15, -0.1) is 0 Å². The summed E-state index contributed by atoms with van der Waals surface area (Å²) in [6.45, 7) is 6.82. The second-order valence-corrected chi connectivity index (χ2v) is 9.94. The van der Waals surface area contributed by atoms with Crippen LogP contribution in [0.5, 0.6) is 5.75 Å². The number of rotatable bonds is 3. The molecule has 0 aliphatic carbocycles. The van der Waals surface area contributed by atoms with Gasteiger partial charge in [0.25, 0.3) is 5.91 Å². The van der Waals surface area contributed by atoms with E-state index in [1.807, 2.05) is 43.5 Å². The van der Waals surface area contributed by atoms with Crippen LogP contribution in [-0.4, -0.2) is 91.0 Å². The summed E-state index contributed by atoms with van der Waals surface area (Å²) in [5, 5.41) is 4.26. The molecule has 5 rings (SSSR count). The predicted molar refractivity (Wildman–Crippen MR) is 145 cm³/mol. The van der Waals surface area contributed by atoms with Gasteiger partial charge in [0.15, 0.2) is 0 Å². The van der Waals surface area contributed by atoms with Gasteiger partial charge in [-0.3, -0.25) is 14.3 Å². The number of likely N-dealkylation sites (N-methyl/N-ethyl adjacent to an activating group) is 1. The molecule has 0 spiro atoms. The molecule has 0 N–H and O–H groups in total. The third-order valence-electron chi connectivity index (χ3n) is 7.07. The van der Waals surface area contributed by atoms with E-state index < -0.39 is 0 Å². The number of nitrogens with zero attached hydrogens (tertiary/aromatic N) is 5. The van der Waals surface area contributed by atoms with Crippen LogP contribution in [-0.2, 0) is 22.5 Å². The molecule has 2 amide bonds. The van der Waals surface area contributed by atoms with E-state index in [0.29, 0.717) is 51.4 Å². The Morgan fingerprint density at radius 2 is 1.84 bits per heavy atom. The number of benzene rings is 2. The van der Waals surface area contributed by atoms with Crippen molar-refractivity contribution >= 4 is 17.5 Å². The molecular weight excluding hydrogens is 482 g/mol. The highest BCUT2D eigenvalue weighted by Gasteiger charge is 2.20. The molecule has 0 saturated carbocycles. The number of ether oxygens (including phenoxy) is 2. The molecule has 200 valence electrons. The summed E-state index contributed by atoms with van der Waals surface area (Å²) < 4.78 is 13.5. The lowest BCUT2D eigenvalue weighted by molar-refractivity contribution is -0.132. The van der Waals surface area contributed by atoms with Gasteiger partial charge >= 0.3 is 0 Å². The van der Waals surface area contributed by atoms with Gasteiger partial charge in [-0.2, -0.15) is 5.10 Å². The number of morpholine rings is 1. The van der Waals surface area contributed by atoms with Gasteiger partial charge in [0, 0.05) is 62.7 Å². The Kier molecular flexibility index (Phi) is 7.93. The zero-order chi connectivity index (χ0) is 26.5. The molecule has 1 aromatic heterocycles. The molecule has 0 radical (unpaired) electrons. The molecule has 9 nitrogen and oxygen atoms in total. The van der Waals surface area contributed by atoms with E-state index in [1.54, 1.807) is 27.7 Å². The highest BCUT2D eigenvalue weighted by atomic mass is 16.5. The van der Waals surface area contributed by atoms with E-state index in [9.17, 15) is 9.59 Å². The number of aromatic nitrogens is 2. The summed E-state index contributed by atoms with van der Waals surface area (Å²) in [5.74, 6) is 0.676. The quantitative estimate of drug-likeness (QED) is 0.532. The van der Waals surface area contributed by atoms with Crippen LogP contribution in [0.25, 0.3) is 0 Å². The number of anilines is 1. The van der Waals surface area contributed by atoms with Gasteiger partial charge in [-0.1, -0.05) is 12.1 Å². The molecule has 9 heteroatoms. The second-order valence-electron chi connectivity index (χ2n) is 9.94. The zero-order valence-electron chi connectivity index (χ0n) is 22.1. The van der Waals surface area contributed by atoms with Crippen molar-refractivity contribution in [3.05, 3.63) is 77.1 Å². The lowest BCUT2D eigenvalue weighted by Crippen LogP contribution is -2.42. The van der Waals surface area contributed by atoms with Gasteiger partial charge in [-0.25, -0.2) is 0 Å². The maximum Gasteiger partial charge on any atom is 0.253 e.